The maximum Gasteiger partial charge on any atom is 0.135 e. The predicted molar refractivity (Wildman–Crippen MR) is 50.8 cm³/mol. The molecule has 0 amide bonds. The van der Waals surface area contributed by atoms with Crippen LogP contribution in [0, 0.1) is 0 Å². The van der Waals surface area contributed by atoms with E-state index in [4.69, 9.17) is 0 Å². The van der Waals surface area contributed by atoms with E-state index in [-0.39, 0.29) is 0 Å². The van der Waals surface area contributed by atoms with E-state index in [2.05, 4.69) is 20.0 Å². The predicted octanol–water partition coefficient (Wildman–Crippen LogP) is 0.825. The summed E-state index contributed by atoms with van der Waals surface area (Å²) in [4.78, 5) is 0. The van der Waals surface area contributed by atoms with Gasteiger partial charge in [0.05, 0.1) is 6.54 Å². The first kappa shape index (κ1) is 8.18. The average Bonchev–Trinajstić information content (AvgIpc) is 2.76. The lowest BCUT2D eigenvalue weighted by molar-refractivity contribution is 0.671. The number of hydrogen-bond acceptors (Lipinski definition) is 5. The van der Waals surface area contributed by atoms with Crippen LogP contribution in [0.5, 0.6) is 0 Å². The second-order valence-corrected chi connectivity index (χ2v) is 3.26. The molecular formula is C7H9N5S. The molecule has 0 fully saturated rings. The highest BCUT2D eigenvalue weighted by Crippen LogP contribution is 2.16. The van der Waals surface area contributed by atoms with Crippen LogP contribution in [0.3, 0.4) is 0 Å². The number of aromatic nitrogens is 4. The minimum atomic E-state index is 0.666. The van der Waals surface area contributed by atoms with Crippen molar-refractivity contribution in [2.24, 2.45) is 0 Å². The number of nitrogens with one attached hydrogen (secondary N) is 1. The molecule has 68 valence electrons. The molecule has 0 bridgehead atoms. The first-order chi connectivity index (χ1) is 6.40. The molecule has 2 aromatic heterocycles. The summed E-state index contributed by atoms with van der Waals surface area (Å²) in [5.74, 6) is 0. The number of hydrogen-bond donors (Lipinski definition) is 1. The van der Waals surface area contributed by atoms with E-state index < -0.39 is 0 Å². The van der Waals surface area contributed by atoms with Gasteiger partial charge >= 0.3 is 0 Å². The lowest BCUT2D eigenvalue weighted by Gasteiger charge is -1.99. The molecule has 0 unspecified atom stereocenters. The van der Waals surface area contributed by atoms with Gasteiger partial charge in [-0.05, 0) is 6.07 Å². The maximum absolute atomic E-state index is 4.09. The highest BCUT2D eigenvalue weighted by molar-refractivity contribution is 7.10. The summed E-state index contributed by atoms with van der Waals surface area (Å²) in [7, 11) is 1.86. The Morgan fingerprint density at radius 3 is 3.23 bits per heavy atom. The highest BCUT2D eigenvalue weighted by Gasteiger charge is 2.05. The highest BCUT2D eigenvalue weighted by atomic mass is 32.1. The molecule has 13 heavy (non-hydrogen) atoms. The van der Waals surface area contributed by atoms with Gasteiger partial charge in [0, 0.05) is 31.0 Å². The topological polar surface area (TPSA) is 55.6 Å². The molecular weight excluding hydrogens is 186 g/mol. The van der Waals surface area contributed by atoms with Crippen LogP contribution >= 0.6 is 11.5 Å². The van der Waals surface area contributed by atoms with Crippen LogP contribution in [0.1, 0.15) is 5.69 Å². The summed E-state index contributed by atoms with van der Waals surface area (Å²) in [6.07, 6.45) is 3.65. The fraction of sp³-hybridized carbons (Fsp3) is 0.286. The summed E-state index contributed by atoms with van der Waals surface area (Å²) < 4.78 is 5.68. The van der Waals surface area contributed by atoms with Gasteiger partial charge in [-0.1, -0.05) is 4.49 Å². The minimum Gasteiger partial charge on any atom is -0.377 e. The van der Waals surface area contributed by atoms with Crippen molar-refractivity contribution >= 4 is 16.5 Å². The smallest absolute Gasteiger partial charge is 0.135 e. The Morgan fingerprint density at radius 2 is 2.54 bits per heavy atom. The molecule has 2 aromatic rings. The summed E-state index contributed by atoms with van der Waals surface area (Å²) in [5.41, 5.74) is 0.927. The summed E-state index contributed by atoms with van der Waals surface area (Å²) in [6, 6.07) is 1.89. The molecule has 0 aliphatic heterocycles. The van der Waals surface area contributed by atoms with Crippen LogP contribution < -0.4 is 5.32 Å². The average molecular weight is 195 g/mol. The SMILES string of the molecule is CNc1snnc1Cn1cccn1. The number of rotatable bonds is 3. The van der Waals surface area contributed by atoms with E-state index in [9.17, 15) is 0 Å². The van der Waals surface area contributed by atoms with Gasteiger partial charge in [-0.3, -0.25) is 4.68 Å². The van der Waals surface area contributed by atoms with Crippen molar-refractivity contribution in [1.82, 2.24) is 19.4 Å². The van der Waals surface area contributed by atoms with Crippen molar-refractivity contribution in [2.75, 3.05) is 12.4 Å². The zero-order valence-electron chi connectivity index (χ0n) is 7.14. The Labute approximate surface area is 79.6 Å². The Kier molecular flexibility index (Phi) is 2.22. The molecule has 0 atom stereocenters. The molecule has 0 aromatic carbocycles. The van der Waals surface area contributed by atoms with Crippen molar-refractivity contribution in [3.05, 3.63) is 24.2 Å². The molecule has 2 heterocycles. The molecule has 0 aliphatic carbocycles. The van der Waals surface area contributed by atoms with E-state index in [1.54, 1.807) is 6.20 Å². The molecule has 0 aliphatic rings. The number of anilines is 1. The van der Waals surface area contributed by atoms with Gasteiger partial charge in [-0.2, -0.15) is 5.10 Å². The van der Waals surface area contributed by atoms with E-state index >= 15 is 0 Å². The van der Waals surface area contributed by atoms with E-state index in [0.29, 0.717) is 6.54 Å². The van der Waals surface area contributed by atoms with Crippen LogP contribution in [0.25, 0.3) is 0 Å². The normalized spacial score (nSPS) is 10.2. The largest absolute Gasteiger partial charge is 0.377 e. The Balaban J connectivity index is 2.18. The monoisotopic (exact) mass is 195 g/mol. The second kappa shape index (κ2) is 3.53. The molecule has 0 radical (unpaired) electrons. The van der Waals surface area contributed by atoms with Gasteiger partial charge in [0.1, 0.15) is 10.7 Å². The van der Waals surface area contributed by atoms with Gasteiger partial charge in [0.25, 0.3) is 0 Å². The third kappa shape index (κ3) is 1.67. The Hall–Kier alpha value is -1.43. The Morgan fingerprint density at radius 1 is 1.62 bits per heavy atom. The van der Waals surface area contributed by atoms with Gasteiger partial charge in [0.15, 0.2) is 0 Å². The van der Waals surface area contributed by atoms with Gasteiger partial charge < -0.3 is 5.32 Å². The van der Waals surface area contributed by atoms with Crippen LogP contribution in [-0.2, 0) is 6.54 Å². The maximum atomic E-state index is 4.09. The summed E-state index contributed by atoms with van der Waals surface area (Å²) >= 11 is 1.36. The summed E-state index contributed by atoms with van der Waals surface area (Å²) in [6.45, 7) is 0.666. The van der Waals surface area contributed by atoms with Crippen LogP contribution in [0.4, 0.5) is 5.00 Å². The minimum absolute atomic E-state index is 0.666. The summed E-state index contributed by atoms with van der Waals surface area (Å²) in [5, 5.41) is 12.1. The van der Waals surface area contributed by atoms with E-state index in [1.807, 2.05) is 24.0 Å². The van der Waals surface area contributed by atoms with Crippen LogP contribution in [0.15, 0.2) is 18.5 Å². The first-order valence-electron chi connectivity index (χ1n) is 3.86. The molecule has 0 spiro atoms. The van der Waals surface area contributed by atoms with Gasteiger partial charge in [-0.25, -0.2) is 0 Å². The van der Waals surface area contributed by atoms with Crippen molar-refractivity contribution in [1.29, 1.82) is 0 Å². The quantitative estimate of drug-likeness (QED) is 0.788. The van der Waals surface area contributed by atoms with Gasteiger partial charge in [0.2, 0.25) is 0 Å². The molecule has 6 heteroatoms. The molecule has 1 N–H and O–H groups in total. The first-order valence-corrected chi connectivity index (χ1v) is 4.64. The van der Waals surface area contributed by atoms with E-state index in [1.165, 1.54) is 11.5 Å². The zero-order valence-corrected chi connectivity index (χ0v) is 7.95. The molecule has 5 nitrogen and oxygen atoms in total. The Bertz CT molecular complexity index is 366. The molecule has 2 rings (SSSR count). The molecule has 0 saturated heterocycles. The second-order valence-electron chi connectivity index (χ2n) is 2.50. The lowest BCUT2D eigenvalue weighted by atomic mass is 10.4. The fourth-order valence-electron chi connectivity index (χ4n) is 1.05. The third-order valence-electron chi connectivity index (χ3n) is 1.65. The van der Waals surface area contributed by atoms with Crippen molar-refractivity contribution in [3.8, 4) is 0 Å². The van der Waals surface area contributed by atoms with Crippen LogP contribution in [-0.4, -0.2) is 26.4 Å². The van der Waals surface area contributed by atoms with Crippen LogP contribution in [0.2, 0.25) is 0 Å². The molecule has 0 saturated carbocycles. The van der Waals surface area contributed by atoms with Gasteiger partial charge in [-0.15, -0.1) is 5.10 Å². The fourth-order valence-corrected chi connectivity index (χ4v) is 1.57. The number of nitrogens with zero attached hydrogens (tertiary/aromatic N) is 4. The van der Waals surface area contributed by atoms with Crippen molar-refractivity contribution in [2.45, 2.75) is 6.54 Å². The standard InChI is InChI=1S/C7H9N5S/c1-8-7-6(10-11-13-7)5-12-4-2-3-9-12/h2-4,8H,5H2,1H3. The van der Waals surface area contributed by atoms with E-state index in [0.717, 1.165) is 10.7 Å². The van der Waals surface area contributed by atoms with Crippen molar-refractivity contribution < 1.29 is 0 Å². The zero-order chi connectivity index (χ0) is 9.10. The van der Waals surface area contributed by atoms with Crippen molar-refractivity contribution in [3.63, 3.8) is 0 Å². The lowest BCUT2D eigenvalue weighted by Crippen LogP contribution is -2.02. The third-order valence-corrected chi connectivity index (χ3v) is 2.44.